The van der Waals surface area contributed by atoms with Crippen LogP contribution in [0.25, 0.3) is 0 Å². The molecule has 4 heteroatoms. The second-order valence-electron chi connectivity index (χ2n) is 4.26. The highest BCUT2D eigenvalue weighted by atomic mass is 35.5. The molecule has 3 nitrogen and oxygen atoms in total. The molecule has 0 saturated heterocycles. The van der Waals surface area contributed by atoms with Crippen LogP contribution in [0.4, 0.5) is 0 Å². The molecule has 0 heterocycles. The molecule has 0 fully saturated rings. The molecule has 0 saturated carbocycles. The molecule has 0 radical (unpaired) electrons. The SMILES string of the molecule is COc1ccc(Oc2ccc([C@H](C)N)cc2Cl)cc1. The van der Waals surface area contributed by atoms with Crippen LogP contribution in [-0.2, 0) is 0 Å². The van der Waals surface area contributed by atoms with Crippen molar-refractivity contribution in [1.82, 2.24) is 0 Å². The van der Waals surface area contributed by atoms with Gasteiger partial charge in [0.1, 0.15) is 17.2 Å². The fraction of sp³-hybridized carbons (Fsp3) is 0.200. The lowest BCUT2D eigenvalue weighted by atomic mass is 10.1. The second-order valence-corrected chi connectivity index (χ2v) is 4.66. The Hall–Kier alpha value is -1.71. The van der Waals surface area contributed by atoms with Gasteiger partial charge in [0.25, 0.3) is 0 Å². The largest absolute Gasteiger partial charge is 0.497 e. The minimum atomic E-state index is -0.0486. The Morgan fingerprint density at radius 2 is 1.68 bits per heavy atom. The van der Waals surface area contributed by atoms with Crippen LogP contribution in [0.5, 0.6) is 17.2 Å². The van der Waals surface area contributed by atoms with Gasteiger partial charge in [0, 0.05) is 6.04 Å². The number of benzene rings is 2. The van der Waals surface area contributed by atoms with Gasteiger partial charge in [-0.15, -0.1) is 0 Å². The van der Waals surface area contributed by atoms with Gasteiger partial charge in [0.2, 0.25) is 0 Å². The lowest BCUT2D eigenvalue weighted by molar-refractivity contribution is 0.413. The summed E-state index contributed by atoms with van der Waals surface area (Å²) in [5, 5.41) is 0.547. The summed E-state index contributed by atoms with van der Waals surface area (Å²) in [6.07, 6.45) is 0. The Morgan fingerprint density at radius 1 is 1.05 bits per heavy atom. The summed E-state index contributed by atoms with van der Waals surface area (Å²) >= 11 is 6.18. The van der Waals surface area contributed by atoms with Crippen LogP contribution in [0.3, 0.4) is 0 Å². The van der Waals surface area contributed by atoms with Crippen molar-refractivity contribution in [3.05, 3.63) is 53.1 Å². The number of rotatable bonds is 4. The number of ether oxygens (including phenoxy) is 2. The standard InChI is InChI=1S/C15H16ClNO2/c1-10(17)11-3-8-15(14(16)9-11)19-13-6-4-12(18-2)5-7-13/h3-10H,17H2,1-2H3/t10-/m0/s1. The second kappa shape index (κ2) is 5.95. The maximum absolute atomic E-state index is 6.18. The van der Waals surface area contributed by atoms with E-state index < -0.39 is 0 Å². The lowest BCUT2D eigenvalue weighted by Crippen LogP contribution is -2.04. The topological polar surface area (TPSA) is 44.5 Å². The molecule has 0 aliphatic heterocycles. The van der Waals surface area contributed by atoms with Crippen LogP contribution in [0.1, 0.15) is 18.5 Å². The first kappa shape index (κ1) is 13.7. The summed E-state index contributed by atoms with van der Waals surface area (Å²) < 4.78 is 10.8. The van der Waals surface area contributed by atoms with Gasteiger partial charge in [-0.3, -0.25) is 0 Å². The zero-order valence-electron chi connectivity index (χ0n) is 10.9. The molecule has 2 N–H and O–H groups in total. The minimum absolute atomic E-state index is 0.0486. The molecule has 0 aliphatic rings. The predicted octanol–water partition coefficient (Wildman–Crippen LogP) is 4.16. The van der Waals surface area contributed by atoms with Gasteiger partial charge in [0.15, 0.2) is 0 Å². The van der Waals surface area contributed by atoms with Gasteiger partial charge in [0.05, 0.1) is 12.1 Å². The molecule has 100 valence electrons. The molecule has 1 atom stereocenters. The monoisotopic (exact) mass is 277 g/mol. The molecule has 2 aromatic carbocycles. The highest BCUT2D eigenvalue weighted by Crippen LogP contribution is 2.31. The summed E-state index contributed by atoms with van der Waals surface area (Å²) in [5.41, 5.74) is 6.78. The van der Waals surface area contributed by atoms with Crippen LogP contribution in [0.2, 0.25) is 5.02 Å². The molecule has 2 aromatic rings. The zero-order chi connectivity index (χ0) is 13.8. The van der Waals surface area contributed by atoms with Crippen LogP contribution in [-0.4, -0.2) is 7.11 Å². The third-order valence-corrected chi connectivity index (χ3v) is 3.06. The van der Waals surface area contributed by atoms with E-state index in [4.69, 9.17) is 26.8 Å². The first-order valence-corrected chi connectivity index (χ1v) is 6.35. The number of hydrogen-bond donors (Lipinski definition) is 1. The molecule has 0 unspecified atom stereocenters. The van der Waals surface area contributed by atoms with E-state index in [0.29, 0.717) is 16.5 Å². The molecule has 0 aromatic heterocycles. The van der Waals surface area contributed by atoms with Crippen molar-refractivity contribution in [2.24, 2.45) is 5.73 Å². The molecule has 0 aliphatic carbocycles. The number of halogens is 1. The van der Waals surface area contributed by atoms with E-state index in [1.807, 2.05) is 49.4 Å². The summed E-state index contributed by atoms with van der Waals surface area (Å²) in [4.78, 5) is 0. The van der Waals surface area contributed by atoms with Crippen LogP contribution in [0.15, 0.2) is 42.5 Å². The van der Waals surface area contributed by atoms with E-state index in [1.165, 1.54) is 0 Å². The Bertz CT molecular complexity index is 553. The molecule has 0 amide bonds. The predicted molar refractivity (Wildman–Crippen MR) is 77.1 cm³/mol. The van der Waals surface area contributed by atoms with Crippen molar-refractivity contribution >= 4 is 11.6 Å². The summed E-state index contributed by atoms with van der Waals surface area (Å²) in [7, 11) is 1.62. The number of methoxy groups -OCH3 is 1. The molecular formula is C15H16ClNO2. The van der Waals surface area contributed by atoms with E-state index in [0.717, 1.165) is 11.3 Å². The average Bonchev–Trinajstić information content (AvgIpc) is 2.41. The maximum Gasteiger partial charge on any atom is 0.146 e. The van der Waals surface area contributed by atoms with Gasteiger partial charge in [-0.25, -0.2) is 0 Å². The summed E-state index contributed by atoms with van der Waals surface area (Å²) in [5.74, 6) is 2.10. The van der Waals surface area contributed by atoms with Crippen molar-refractivity contribution in [2.75, 3.05) is 7.11 Å². The van der Waals surface area contributed by atoms with Crippen LogP contribution >= 0.6 is 11.6 Å². The zero-order valence-corrected chi connectivity index (χ0v) is 11.6. The third-order valence-electron chi connectivity index (χ3n) is 2.77. The fourth-order valence-corrected chi connectivity index (χ4v) is 1.88. The molecule has 0 bridgehead atoms. The highest BCUT2D eigenvalue weighted by molar-refractivity contribution is 6.32. The van der Waals surface area contributed by atoms with E-state index >= 15 is 0 Å². The van der Waals surface area contributed by atoms with E-state index in [-0.39, 0.29) is 6.04 Å². The van der Waals surface area contributed by atoms with Crippen molar-refractivity contribution < 1.29 is 9.47 Å². The minimum Gasteiger partial charge on any atom is -0.497 e. The molecule has 19 heavy (non-hydrogen) atoms. The highest BCUT2D eigenvalue weighted by Gasteiger charge is 2.07. The first-order chi connectivity index (χ1) is 9.10. The maximum atomic E-state index is 6.18. The smallest absolute Gasteiger partial charge is 0.146 e. The van der Waals surface area contributed by atoms with Gasteiger partial charge in [-0.2, -0.15) is 0 Å². The third kappa shape index (κ3) is 3.40. The van der Waals surface area contributed by atoms with Crippen LogP contribution < -0.4 is 15.2 Å². The lowest BCUT2D eigenvalue weighted by Gasteiger charge is -2.11. The van der Waals surface area contributed by atoms with Crippen LogP contribution in [0, 0.1) is 0 Å². The van der Waals surface area contributed by atoms with Gasteiger partial charge in [-0.05, 0) is 48.9 Å². The van der Waals surface area contributed by atoms with Crippen molar-refractivity contribution in [1.29, 1.82) is 0 Å². The fourth-order valence-electron chi connectivity index (χ4n) is 1.65. The quantitative estimate of drug-likeness (QED) is 0.912. The molecular weight excluding hydrogens is 262 g/mol. The van der Waals surface area contributed by atoms with Gasteiger partial charge >= 0.3 is 0 Å². The Morgan fingerprint density at radius 3 is 2.21 bits per heavy atom. The van der Waals surface area contributed by atoms with E-state index in [1.54, 1.807) is 7.11 Å². The number of nitrogens with two attached hydrogens (primary N) is 1. The normalized spacial score (nSPS) is 12.0. The Labute approximate surface area is 117 Å². The van der Waals surface area contributed by atoms with Gasteiger partial charge < -0.3 is 15.2 Å². The average molecular weight is 278 g/mol. The van der Waals surface area contributed by atoms with Gasteiger partial charge in [-0.1, -0.05) is 17.7 Å². The van der Waals surface area contributed by atoms with Crippen molar-refractivity contribution in [2.45, 2.75) is 13.0 Å². The van der Waals surface area contributed by atoms with Crippen molar-refractivity contribution in [3.8, 4) is 17.2 Å². The van der Waals surface area contributed by atoms with Crippen molar-refractivity contribution in [3.63, 3.8) is 0 Å². The Kier molecular flexibility index (Phi) is 4.30. The summed E-state index contributed by atoms with van der Waals surface area (Å²) in [6.45, 7) is 1.91. The molecule has 0 spiro atoms. The Balaban J connectivity index is 2.18. The first-order valence-electron chi connectivity index (χ1n) is 5.97. The summed E-state index contributed by atoms with van der Waals surface area (Å²) in [6, 6.07) is 12.8. The van der Waals surface area contributed by atoms with E-state index in [2.05, 4.69) is 0 Å². The molecule has 2 rings (SSSR count). The van der Waals surface area contributed by atoms with E-state index in [9.17, 15) is 0 Å². The number of hydrogen-bond acceptors (Lipinski definition) is 3.